The summed E-state index contributed by atoms with van der Waals surface area (Å²) in [6.45, 7) is 6.74. The molecule has 6 heteroatoms. The molecule has 1 aliphatic heterocycles. The molecule has 25 heavy (non-hydrogen) atoms. The zero-order valence-corrected chi connectivity index (χ0v) is 18.4. The average molecular weight is 474 g/mol. The van der Waals surface area contributed by atoms with Crippen molar-refractivity contribution in [1.29, 1.82) is 0 Å². The molecule has 2 aliphatic rings. The van der Waals surface area contributed by atoms with Crippen molar-refractivity contribution in [3.8, 4) is 0 Å². The van der Waals surface area contributed by atoms with Gasteiger partial charge in [0.2, 0.25) is 0 Å². The number of hydrogen-bond acceptors (Lipinski definition) is 3. The van der Waals surface area contributed by atoms with E-state index in [2.05, 4.69) is 57.8 Å². The normalized spacial score (nSPS) is 22.3. The highest BCUT2D eigenvalue weighted by atomic mass is 127. The minimum absolute atomic E-state index is 0. The van der Waals surface area contributed by atoms with Crippen molar-refractivity contribution in [2.24, 2.45) is 10.9 Å². The quantitative estimate of drug-likeness (QED) is 0.275. The van der Waals surface area contributed by atoms with Crippen molar-refractivity contribution in [1.82, 2.24) is 15.5 Å². The van der Waals surface area contributed by atoms with Crippen LogP contribution in [0.5, 0.6) is 0 Å². The highest BCUT2D eigenvalue weighted by Gasteiger charge is 2.34. The van der Waals surface area contributed by atoms with Gasteiger partial charge in [-0.15, -0.1) is 35.7 Å². The Hall–Kier alpha value is -0.470. The van der Waals surface area contributed by atoms with Gasteiger partial charge in [-0.2, -0.15) is 0 Å². The van der Waals surface area contributed by atoms with Crippen LogP contribution in [0.4, 0.5) is 0 Å². The number of nitrogens with zero attached hydrogens (tertiary/aromatic N) is 2. The van der Waals surface area contributed by atoms with Crippen LogP contribution < -0.4 is 10.6 Å². The van der Waals surface area contributed by atoms with Crippen molar-refractivity contribution in [2.75, 3.05) is 33.2 Å². The van der Waals surface area contributed by atoms with Gasteiger partial charge in [0.15, 0.2) is 5.96 Å². The van der Waals surface area contributed by atoms with E-state index in [1.807, 2.05) is 18.8 Å². The van der Waals surface area contributed by atoms with Crippen LogP contribution in [-0.4, -0.2) is 55.4 Å². The summed E-state index contributed by atoms with van der Waals surface area (Å²) in [5.41, 5.74) is 0. The van der Waals surface area contributed by atoms with Gasteiger partial charge >= 0.3 is 0 Å². The highest BCUT2D eigenvalue weighted by molar-refractivity contribution is 14.0. The molecule has 2 N–H and O–H groups in total. The molecule has 1 heterocycles. The maximum atomic E-state index is 4.37. The second-order valence-corrected chi connectivity index (χ2v) is 8.47. The lowest BCUT2D eigenvalue weighted by molar-refractivity contribution is 0.314. The molecule has 1 saturated carbocycles. The maximum Gasteiger partial charge on any atom is 0.191 e. The van der Waals surface area contributed by atoms with Crippen molar-refractivity contribution in [2.45, 2.75) is 42.4 Å². The fourth-order valence-electron chi connectivity index (χ4n) is 3.28. The third kappa shape index (κ3) is 6.98. The van der Waals surface area contributed by atoms with E-state index in [1.165, 1.54) is 37.2 Å². The van der Waals surface area contributed by atoms with Gasteiger partial charge in [0.1, 0.15) is 0 Å². The Morgan fingerprint density at radius 2 is 2.00 bits per heavy atom. The van der Waals surface area contributed by atoms with Crippen molar-refractivity contribution >= 4 is 41.7 Å². The average Bonchev–Trinajstić information content (AvgIpc) is 3.35. The van der Waals surface area contributed by atoms with E-state index < -0.39 is 0 Å². The Bertz CT molecular complexity index is 535. The molecule has 0 amide bonds. The Kier molecular flexibility index (Phi) is 8.85. The minimum Gasteiger partial charge on any atom is -0.356 e. The van der Waals surface area contributed by atoms with Gasteiger partial charge in [0, 0.05) is 42.9 Å². The Morgan fingerprint density at radius 1 is 1.24 bits per heavy atom. The number of benzene rings is 1. The van der Waals surface area contributed by atoms with Crippen LogP contribution in [0.3, 0.4) is 0 Å². The summed E-state index contributed by atoms with van der Waals surface area (Å²) in [5.74, 6) is 1.70. The van der Waals surface area contributed by atoms with Gasteiger partial charge in [-0.05, 0) is 43.9 Å². The van der Waals surface area contributed by atoms with Crippen LogP contribution in [0.2, 0.25) is 0 Å². The molecule has 140 valence electrons. The number of thioether (sulfide) groups is 1. The molecule has 0 radical (unpaired) electrons. The highest BCUT2D eigenvalue weighted by Crippen LogP contribution is 2.31. The molecule has 0 bridgehead atoms. The number of hydrogen-bond donors (Lipinski definition) is 2. The molecular formula is C19H31IN4S. The predicted octanol–water partition coefficient (Wildman–Crippen LogP) is 3.43. The van der Waals surface area contributed by atoms with Gasteiger partial charge < -0.3 is 15.5 Å². The van der Waals surface area contributed by atoms with Crippen LogP contribution in [-0.2, 0) is 0 Å². The Balaban J connectivity index is 0.00000225. The van der Waals surface area contributed by atoms with Crippen LogP contribution >= 0.6 is 35.7 Å². The molecule has 2 unspecified atom stereocenters. The summed E-state index contributed by atoms with van der Waals surface area (Å²) in [7, 11) is 1.86. The summed E-state index contributed by atoms with van der Waals surface area (Å²) < 4.78 is 0. The van der Waals surface area contributed by atoms with Gasteiger partial charge in [-0.1, -0.05) is 25.1 Å². The summed E-state index contributed by atoms with van der Waals surface area (Å²) >= 11 is 1.90. The lowest BCUT2D eigenvalue weighted by Crippen LogP contribution is -2.42. The van der Waals surface area contributed by atoms with Gasteiger partial charge in [-0.3, -0.25) is 4.99 Å². The second kappa shape index (κ2) is 10.6. The third-order valence-corrected chi connectivity index (χ3v) is 5.91. The molecule has 2 fully saturated rings. The molecule has 0 spiro atoms. The van der Waals surface area contributed by atoms with Gasteiger partial charge in [0.05, 0.1) is 0 Å². The van der Waals surface area contributed by atoms with E-state index >= 15 is 0 Å². The van der Waals surface area contributed by atoms with Crippen molar-refractivity contribution in [3.63, 3.8) is 0 Å². The number of halogens is 1. The predicted molar refractivity (Wildman–Crippen MR) is 119 cm³/mol. The van der Waals surface area contributed by atoms with Gasteiger partial charge in [-0.25, -0.2) is 0 Å². The topological polar surface area (TPSA) is 39.7 Å². The summed E-state index contributed by atoms with van der Waals surface area (Å²) in [6.07, 6.45) is 4.15. The van der Waals surface area contributed by atoms with Crippen LogP contribution in [0.15, 0.2) is 40.2 Å². The Morgan fingerprint density at radius 3 is 2.68 bits per heavy atom. The van der Waals surface area contributed by atoms with Crippen molar-refractivity contribution < 1.29 is 0 Å². The zero-order valence-electron chi connectivity index (χ0n) is 15.3. The number of aliphatic imine (C=N–C) groups is 1. The number of likely N-dealkylation sites (tertiary alicyclic amines) is 1. The minimum atomic E-state index is 0. The molecule has 1 aromatic carbocycles. The molecule has 3 rings (SSSR count). The smallest absolute Gasteiger partial charge is 0.191 e. The monoisotopic (exact) mass is 474 g/mol. The van der Waals surface area contributed by atoms with E-state index in [1.54, 1.807) is 0 Å². The van der Waals surface area contributed by atoms with E-state index in [4.69, 9.17) is 0 Å². The van der Waals surface area contributed by atoms with Crippen LogP contribution in [0, 0.1) is 5.92 Å². The van der Waals surface area contributed by atoms with Crippen molar-refractivity contribution in [3.05, 3.63) is 30.3 Å². The Labute approximate surface area is 173 Å². The first-order chi connectivity index (χ1) is 11.7. The molecule has 1 saturated heterocycles. The molecule has 2 atom stereocenters. The first-order valence-electron chi connectivity index (χ1n) is 9.15. The SMILES string of the molecule is CN=C(NCC1CCN(C2CC2)C1)NCC(C)Sc1ccccc1.I. The third-order valence-electron chi connectivity index (χ3n) is 4.80. The molecule has 4 nitrogen and oxygen atoms in total. The van der Waals surface area contributed by atoms with Gasteiger partial charge in [0.25, 0.3) is 0 Å². The lowest BCUT2D eigenvalue weighted by Gasteiger charge is -2.18. The fraction of sp³-hybridized carbons (Fsp3) is 0.632. The summed E-state index contributed by atoms with van der Waals surface area (Å²) in [5, 5.41) is 7.48. The zero-order chi connectivity index (χ0) is 16.8. The molecular weight excluding hydrogens is 443 g/mol. The standard InChI is InChI=1S/C19H30N4S.HI/c1-15(24-18-6-4-3-5-7-18)12-21-19(20-2)22-13-16-10-11-23(14-16)17-8-9-17;/h3-7,15-17H,8-14H2,1-2H3,(H2,20,21,22);1H. The second-order valence-electron chi connectivity index (χ2n) is 6.96. The largest absolute Gasteiger partial charge is 0.356 e. The molecule has 0 aromatic heterocycles. The molecule has 1 aliphatic carbocycles. The number of nitrogens with one attached hydrogen (secondary N) is 2. The van der Waals surface area contributed by atoms with E-state index in [9.17, 15) is 0 Å². The van der Waals surface area contributed by atoms with Crippen LogP contribution in [0.1, 0.15) is 26.2 Å². The number of rotatable bonds is 7. The van der Waals surface area contributed by atoms with E-state index in [0.717, 1.165) is 31.0 Å². The first kappa shape index (κ1) is 20.8. The molecule has 1 aromatic rings. The number of guanidine groups is 1. The summed E-state index contributed by atoms with van der Waals surface area (Å²) in [6, 6.07) is 11.5. The maximum absolute atomic E-state index is 4.37. The lowest BCUT2D eigenvalue weighted by atomic mass is 10.1. The fourth-order valence-corrected chi connectivity index (χ4v) is 4.22. The van der Waals surface area contributed by atoms with E-state index in [0.29, 0.717) is 5.25 Å². The van der Waals surface area contributed by atoms with Crippen LogP contribution in [0.25, 0.3) is 0 Å². The summed E-state index contributed by atoms with van der Waals surface area (Å²) in [4.78, 5) is 8.35. The first-order valence-corrected chi connectivity index (χ1v) is 10.0. The van der Waals surface area contributed by atoms with E-state index in [-0.39, 0.29) is 24.0 Å².